The van der Waals surface area contributed by atoms with Crippen LogP contribution < -0.4 is 0 Å². The maximum atomic E-state index is 11.5. The SMILES string of the molecule is C=C(c1ccccc1)C1(O)CC2CCCC(C1)N2Cc1ccccc1. The Labute approximate surface area is 150 Å². The Morgan fingerprint density at radius 2 is 1.52 bits per heavy atom. The molecule has 2 aliphatic rings. The molecular weight excluding hydrogens is 306 g/mol. The van der Waals surface area contributed by atoms with E-state index in [0.717, 1.165) is 30.5 Å². The lowest BCUT2D eigenvalue weighted by Crippen LogP contribution is -2.57. The standard InChI is InChI=1S/C23H27NO/c1-18(20-11-6-3-7-12-20)23(25)15-21-13-8-14-22(16-23)24(21)17-19-9-4-2-5-10-19/h2-7,9-12,21-22,25H,1,8,13-17H2. The van der Waals surface area contributed by atoms with Crippen LogP contribution in [0.25, 0.3) is 5.57 Å². The van der Waals surface area contributed by atoms with Gasteiger partial charge in [-0.3, -0.25) is 4.90 Å². The molecule has 0 aliphatic carbocycles. The Kier molecular flexibility index (Phi) is 4.49. The maximum absolute atomic E-state index is 11.5. The van der Waals surface area contributed by atoms with Crippen LogP contribution in [-0.4, -0.2) is 27.7 Å². The molecule has 2 aromatic rings. The lowest BCUT2D eigenvalue weighted by Gasteiger charge is -2.52. The van der Waals surface area contributed by atoms with E-state index in [0.29, 0.717) is 12.1 Å². The van der Waals surface area contributed by atoms with E-state index in [-0.39, 0.29) is 0 Å². The lowest BCUT2D eigenvalue weighted by molar-refractivity contribution is -0.0638. The van der Waals surface area contributed by atoms with Gasteiger partial charge in [0.1, 0.15) is 0 Å². The molecule has 0 aromatic heterocycles. The van der Waals surface area contributed by atoms with E-state index in [9.17, 15) is 5.11 Å². The van der Waals surface area contributed by atoms with Gasteiger partial charge in [-0.1, -0.05) is 73.7 Å². The molecule has 2 saturated heterocycles. The maximum Gasteiger partial charge on any atom is 0.0926 e. The van der Waals surface area contributed by atoms with Crippen molar-refractivity contribution in [2.75, 3.05) is 0 Å². The van der Waals surface area contributed by atoms with Gasteiger partial charge in [-0.05, 0) is 42.4 Å². The summed E-state index contributed by atoms with van der Waals surface area (Å²) in [6, 6.07) is 21.8. The number of fused-ring (bicyclic) bond motifs is 2. The Hall–Kier alpha value is -1.90. The van der Waals surface area contributed by atoms with E-state index in [4.69, 9.17) is 0 Å². The van der Waals surface area contributed by atoms with Crippen molar-refractivity contribution < 1.29 is 5.11 Å². The molecule has 2 atom stereocenters. The molecule has 0 saturated carbocycles. The fraction of sp³-hybridized carbons (Fsp3) is 0.391. The van der Waals surface area contributed by atoms with Crippen LogP contribution >= 0.6 is 0 Å². The zero-order valence-electron chi connectivity index (χ0n) is 14.8. The monoisotopic (exact) mass is 333 g/mol. The first-order valence-corrected chi connectivity index (χ1v) is 9.42. The minimum atomic E-state index is -0.774. The van der Waals surface area contributed by atoms with E-state index in [1.54, 1.807) is 0 Å². The molecule has 2 heteroatoms. The first kappa shape index (κ1) is 16.6. The van der Waals surface area contributed by atoms with E-state index in [1.165, 1.54) is 24.8 Å². The van der Waals surface area contributed by atoms with Crippen molar-refractivity contribution in [1.82, 2.24) is 4.90 Å². The fourth-order valence-electron chi connectivity index (χ4n) is 4.73. The Bertz CT molecular complexity index is 710. The first-order valence-electron chi connectivity index (χ1n) is 9.42. The number of nitrogens with zero attached hydrogens (tertiary/aromatic N) is 1. The molecule has 2 bridgehead atoms. The quantitative estimate of drug-likeness (QED) is 0.880. The highest BCUT2D eigenvalue weighted by atomic mass is 16.3. The van der Waals surface area contributed by atoms with Crippen molar-refractivity contribution in [3.8, 4) is 0 Å². The number of hydrogen-bond donors (Lipinski definition) is 1. The van der Waals surface area contributed by atoms with Gasteiger partial charge in [-0.25, -0.2) is 0 Å². The molecular formula is C23H27NO. The summed E-state index contributed by atoms with van der Waals surface area (Å²) in [6.45, 7) is 5.28. The van der Waals surface area contributed by atoms with Crippen molar-refractivity contribution in [3.63, 3.8) is 0 Å². The summed E-state index contributed by atoms with van der Waals surface area (Å²) in [5.41, 5.74) is 2.56. The lowest BCUT2D eigenvalue weighted by atomic mass is 9.71. The number of benzene rings is 2. The first-order chi connectivity index (χ1) is 12.2. The van der Waals surface area contributed by atoms with E-state index < -0.39 is 5.60 Å². The molecule has 25 heavy (non-hydrogen) atoms. The normalized spacial score (nSPS) is 29.3. The summed E-state index contributed by atoms with van der Waals surface area (Å²) < 4.78 is 0. The van der Waals surface area contributed by atoms with Crippen LogP contribution in [0.3, 0.4) is 0 Å². The van der Waals surface area contributed by atoms with Gasteiger partial charge >= 0.3 is 0 Å². The molecule has 0 radical (unpaired) electrons. The van der Waals surface area contributed by atoms with Crippen LogP contribution in [0, 0.1) is 0 Å². The van der Waals surface area contributed by atoms with E-state index in [1.807, 2.05) is 18.2 Å². The summed E-state index contributed by atoms with van der Waals surface area (Å²) in [5.74, 6) is 0. The molecule has 4 rings (SSSR count). The van der Waals surface area contributed by atoms with Gasteiger partial charge in [-0.2, -0.15) is 0 Å². The second kappa shape index (κ2) is 6.78. The Balaban J connectivity index is 1.55. The van der Waals surface area contributed by atoms with Crippen LogP contribution in [0.15, 0.2) is 67.2 Å². The average molecular weight is 333 g/mol. The fourth-order valence-corrected chi connectivity index (χ4v) is 4.73. The van der Waals surface area contributed by atoms with Crippen molar-refractivity contribution in [2.45, 2.75) is 56.3 Å². The van der Waals surface area contributed by atoms with Crippen LogP contribution in [-0.2, 0) is 6.54 Å². The summed E-state index contributed by atoms with van der Waals surface area (Å²) >= 11 is 0. The van der Waals surface area contributed by atoms with Gasteiger partial charge < -0.3 is 5.11 Å². The molecule has 0 amide bonds. The third kappa shape index (κ3) is 3.29. The predicted molar refractivity (Wildman–Crippen MR) is 103 cm³/mol. The van der Waals surface area contributed by atoms with Crippen molar-refractivity contribution >= 4 is 5.57 Å². The number of rotatable bonds is 4. The van der Waals surface area contributed by atoms with Gasteiger partial charge in [0.05, 0.1) is 5.60 Å². The highest BCUT2D eigenvalue weighted by Gasteiger charge is 2.46. The molecule has 2 aliphatic heterocycles. The predicted octanol–water partition coefficient (Wildman–Crippen LogP) is 4.65. The summed E-state index contributed by atoms with van der Waals surface area (Å²) in [4.78, 5) is 2.63. The van der Waals surface area contributed by atoms with Gasteiger partial charge in [0, 0.05) is 18.6 Å². The molecule has 2 nitrogen and oxygen atoms in total. The molecule has 2 heterocycles. The number of hydrogen-bond acceptors (Lipinski definition) is 2. The summed E-state index contributed by atoms with van der Waals surface area (Å²) in [7, 11) is 0. The van der Waals surface area contributed by atoms with Crippen LogP contribution in [0.1, 0.15) is 43.2 Å². The van der Waals surface area contributed by atoms with Gasteiger partial charge in [0.15, 0.2) is 0 Å². The molecule has 2 unspecified atom stereocenters. The zero-order valence-corrected chi connectivity index (χ0v) is 14.8. The van der Waals surface area contributed by atoms with Gasteiger partial charge in [0.2, 0.25) is 0 Å². The third-order valence-corrected chi connectivity index (χ3v) is 6.05. The highest BCUT2D eigenvalue weighted by molar-refractivity contribution is 5.70. The van der Waals surface area contributed by atoms with Crippen molar-refractivity contribution in [1.29, 1.82) is 0 Å². The molecule has 2 fully saturated rings. The van der Waals surface area contributed by atoms with Crippen LogP contribution in [0.4, 0.5) is 0 Å². The van der Waals surface area contributed by atoms with E-state index >= 15 is 0 Å². The summed E-state index contributed by atoms with van der Waals surface area (Å²) in [5, 5.41) is 11.5. The van der Waals surface area contributed by atoms with Crippen molar-refractivity contribution in [2.24, 2.45) is 0 Å². The third-order valence-electron chi connectivity index (χ3n) is 6.05. The highest BCUT2D eigenvalue weighted by Crippen LogP contribution is 2.45. The van der Waals surface area contributed by atoms with E-state index in [2.05, 4.69) is 53.9 Å². The second-order valence-electron chi connectivity index (χ2n) is 7.68. The van der Waals surface area contributed by atoms with Crippen LogP contribution in [0.5, 0.6) is 0 Å². The smallest absolute Gasteiger partial charge is 0.0926 e. The Morgan fingerprint density at radius 1 is 0.960 bits per heavy atom. The second-order valence-corrected chi connectivity index (χ2v) is 7.68. The summed E-state index contributed by atoms with van der Waals surface area (Å²) in [6.07, 6.45) is 5.21. The molecule has 1 N–H and O–H groups in total. The largest absolute Gasteiger partial charge is 0.385 e. The average Bonchev–Trinajstić information content (AvgIpc) is 2.64. The van der Waals surface area contributed by atoms with Gasteiger partial charge in [-0.15, -0.1) is 0 Å². The molecule has 2 aromatic carbocycles. The zero-order chi connectivity index (χ0) is 17.3. The minimum Gasteiger partial charge on any atom is -0.385 e. The Morgan fingerprint density at radius 3 is 2.12 bits per heavy atom. The number of aliphatic hydroxyl groups is 1. The topological polar surface area (TPSA) is 23.5 Å². The molecule has 130 valence electrons. The number of piperidine rings is 2. The molecule has 0 spiro atoms. The van der Waals surface area contributed by atoms with Gasteiger partial charge in [0.25, 0.3) is 0 Å². The van der Waals surface area contributed by atoms with Crippen LogP contribution in [0.2, 0.25) is 0 Å². The minimum absolute atomic E-state index is 0.443. The van der Waals surface area contributed by atoms with Crippen molar-refractivity contribution in [3.05, 3.63) is 78.4 Å².